The van der Waals surface area contributed by atoms with Gasteiger partial charge in [0.25, 0.3) is 0 Å². The van der Waals surface area contributed by atoms with Crippen molar-refractivity contribution in [3.63, 3.8) is 0 Å². The fourth-order valence-corrected chi connectivity index (χ4v) is 4.06. The van der Waals surface area contributed by atoms with E-state index >= 15 is 0 Å². The molecule has 21 heavy (non-hydrogen) atoms. The molecule has 3 rings (SSSR count). The maximum Gasteiger partial charge on any atom is 0.0363 e. The van der Waals surface area contributed by atoms with E-state index in [1.165, 1.54) is 35.5 Å². The number of benzene rings is 2. The van der Waals surface area contributed by atoms with E-state index in [2.05, 4.69) is 77.7 Å². The zero-order chi connectivity index (χ0) is 14.3. The van der Waals surface area contributed by atoms with Crippen molar-refractivity contribution in [2.75, 3.05) is 11.5 Å². The molecule has 1 aliphatic heterocycles. The molecule has 0 aromatic heterocycles. The van der Waals surface area contributed by atoms with Gasteiger partial charge in [-0.2, -0.15) is 11.8 Å². The Balaban J connectivity index is 1.74. The molecule has 0 radical (unpaired) electrons. The number of nitrogens with one attached hydrogen (secondary N) is 1. The third-order valence-corrected chi connectivity index (χ3v) is 5.19. The summed E-state index contributed by atoms with van der Waals surface area (Å²) in [6.07, 6.45) is 3.65. The van der Waals surface area contributed by atoms with Crippen LogP contribution in [-0.4, -0.2) is 17.5 Å². The summed E-state index contributed by atoms with van der Waals surface area (Å²) in [6, 6.07) is 22.8. The lowest BCUT2D eigenvalue weighted by Crippen LogP contribution is -2.36. The highest BCUT2D eigenvalue weighted by Crippen LogP contribution is 2.23. The molecule has 2 aromatic carbocycles. The lowest BCUT2D eigenvalue weighted by Gasteiger charge is -2.29. The molecular weight excluding hydrogens is 274 g/mol. The van der Waals surface area contributed by atoms with Gasteiger partial charge in [0.1, 0.15) is 0 Å². The molecule has 1 N–H and O–H groups in total. The molecule has 1 fully saturated rings. The standard InChI is InChI=1S/C19H23NS/c1-3-7-16(8-4-1)15-19(17-9-5-2-6-10-17)20-18-11-13-21-14-12-18/h1-10,18-20H,11-15H2. The minimum atomic E-state index is 0.418. The molecule has 2 heteroatoms. The highest BCUT2D eigenvalue weighted by atomic mass is 32.2. The van der Waals surface area contributed by atoms with Gasteiger partial charge in [0, 0.05) is 12.1 Å². The fourth-order valence-electron chi connectivity index (χ4n) is 2.96. The molecule has 1 nitrogen and oxygen atoms in total. The van der Waals surface area contributed by atoms with Gasteiger partial charge in [-0.05, 0) is 41.9 Å². The Bertz CT molecular complexity index is 520. The largest absolute Gasteiger partial charge is 0.307 e. The molecule has 0 aliphatic carbocycles. The van der Waals surface area contributed by atoms with Crippen LogP contribution in [0.1, 0.15) is 30.0 Å². The molecule has 0 amide bonds. The predicted octanol–water partition coefficient (Wildman–Crippen LogP) is 4.46. The summed E-state index contributed by atoms with van der Waals surface area (Å²) in [7, 11) is 0. The van der Waals surface area contributed by atoms with E-state index in [4.69, 9.17) is 0 Å². The molecule has 0 spiro atoms. The molecule has 1 unspecified atom stereocenters. The molecule has 110 valence electrons. The normalized spacial score (nSPS) is 17.5. The first-order valence-corrected chi connectivity index (χ1v) is 9.00. The van der Waals surface area contributed by atoms with Crippen molar-refractivity contribution in [2.45, 2.75) is 31.3 Å². The Hall–Kier alpha value is -1.25. The number of hydrogen-bond acceptors (Lipinski definition) is 2. The molecule has 1 aliphatic rings. The van der Waals surface area contributed by atoms with Crippen molar-refractivity contribution in [3.8, 4) is 0 Å². The first kappa shape index (κ1) is 14.7. The Morgan fingerprint density at radius 1 is 0.905 bits per heavy atom. The average Bonchev–Trinajstić information content (AvgIpc) is 2.57. The molecule has 0 bridgehead atoms. The minimum absolute atomic E-state index is 0.418. The summed E-state index contributed by atoms with van der Waals surface area (Å²) >= 11 is 2.09. The van der Waals surface area contributed by atoms with E-state index in [-0.39, 0.29) is 0 Å². The van der Waals surface area contributed by atoms with Crippen LogP contribution in [0.25, 0.3) is 0 Å². The van der Waals surface area contributed by atoms with E-state index < -0.39 is 0 Å². The monoisotopic (exact) mass is 297 g/mol. The predicted molar refractivity (Wildman–Crippen MR) is 92.8 cm³/mol. The van der Waals surface area contributed by atoms with E-state index in [1.807, 2.05) is 0 Å². The van der Waals surface area contributed by atoms with Gasteiger partial charge in [-0.15, -0.1) is 0 Å². The van der Waals surface area contributed by atoms with Crippen molar-refractivity contribution in [1.82, 2.24) is 5.32 Å². The van der Waals surface area contributed by atoms with E-state index in [9.17, 15) is 0 Å². The summed E-state index contributed by atoms with van der Waals surface area (Å²) < 4.78 is 0. The van der Waals surface area contributed by atoms with Crippen LogP contribution < -0.4 is 5.32 Å². The quantitative estimate of drug-likeness (QED) is 0.874. The van der Waals surface area contributed by atoms with Crippen LogP contribution in [-0.2, 0) is 6.42 Å². The maximum absolute atomic E-state index is 3.91. The van der Waals surface area contributed by atoms with E-state index in [0.29, 0.717) is 12.1 Å². The van der Waals surface area contributed by atoms with Crippen LogP contribution >= 0.6 is 11.8 Å². The van der Waals surface area contributed by atoms with Crippen molar-refractivity contribution >= 4 is 11.8 Å². The SMILES string of the molecule is c1ccc(CC(NC2CCSCC2)c2ccccc2)cc1. The van der Waals surface area contributed by atoms with E-state index in [1.54, 1.807) is 0 Å². The Morgan fingerprint density at radius 3 is 2.19 bits per heavy atom. The van der Waals surface area contributed by atoms with Gasteiger partial charge in [-0.25, -0.2) is 0 Å². The first-order valence-electron chi connectivity index (χ1n) is 7.84. The molecule has 1 heterocycles. The van der Waals surface area contributed by atoms with Gasteiger partial charge in [0.15, 0.2) is 0 Å². The summed E-state index contributed by atoms with van der Waals surface area (Å²) in [5, 5.41) is 3.91. The van der Waals surface area contributed by atoms with Crippen molar-refractivity contribution < 1.29 is 0 Å². The molecule has 1 saturated heterocycles. The van der Waals surface area contributed by atoms with Gasteiger partial charge < -0.3 is 5.32 Å². The Labute approximate surface area is 132 Å². The number of rotatable bonds is 5. The van der Waals surface area contributed by atoms with Crippen LogP contribution in [0.2, 0.25) is 0 Å². The summed E-state index contributed by atoms with van der Waals surface area (Å²) in [5.74, 6) is 2.59. The Morgan fingerprint density at radius 2 is 1.52 bits per heavy atom. The third kappa shape index (κ3) is 4.36. The number of thioether (sulfide) groups is 1. The van der Waals surface area contributed by atoms with Crippen molar-refractivity contribution in [1.29, 1.82) is 0 Å². The second kappa shape index (κ2) is 7.67. The van der Waals surface area contributed by atoms with Crippen LogP contribution in [0.3, 0.4) is 0 Å². The van der Waals surface area contributed by atoms with Crippen molar-refractivity contribution in [2.24, 2.45) is 0 Å². The smallest absolute Gasteiger partial charge is 0.0363 e. The van der Waals surface area contributed by atoms with Crippen LogP contribution in [0.15, 0.2) is 60.7 Å². The van der Waals surface area contributed by atoms with Gasteiger partial charge in [-0.3, -0.25) is 0 Å². The zero-order valence-corrected chi connectivity index (χ0v) is 13.2. The minimum Gasteiger partial charge on any atom is -0.307 e. The average molecular weight is 297 g/mol. The first-order chi connectivity index (χ1) is 10.4. The van der Waals surface area contributed by atoms with Crippen molar-refractivity contribution in [3.05, 3.63) is 71.8 Å². The van der Waals surface area contributed by atoms with Gasteiger partial charge in [0.05, 0.1) is 0 Å². The van der Waals surface area contributed by atoms with Crippen LogP contribution in [0.5, 0.6) is 0 Å². The molecule has 0 saturated carbocycles. The Kier molecular flexibility index (Phi) is 5.36. The van der Waals surface area contributed by atoms with Gasteiger partial charge in [-0.1, -0.05) is 60.7 Å². The highest BCUT2D eigenvalue weighted by Gasteiger charge is 2.19. The lowest BCUT2D eigenvalue weighted by atomic mass is 9.97. The fraction of sp³-hybridized carbons (Fsp3) is 0.368. The van der Waals surface area contributed by atoms with Crippen LogP contribution in [0, 0.1) is 0 Å². The van der Waals surface area contributed by atoms with Gasteiger partial charge >= 0.3 is 0 Å². The maximum atomic E-state index is 3.91. The summed E-state index contributed by atoms with van der Waals surface area (Å²) in [6.45, 7) is 0. The molecular formula is C19H23NS. The second-order valence-electron chi connectivity index (χ2n) is 5.71. The molecule has 1 atom stereocenters. The van der Waals surface area contributed by atoms with Crippen LogP contribution in [0.4, 0.5) is 0 Å². The van der Waals surface area contributed by atoms with E-state index in [0.717, 1.165) is 6.42 Å². The number of hydrogen-bond donors (Lipinski definition) is 1. The third-order valence-electron chi connectivity index (χ3n) is 4.14. The second-order valence-corrected chi connectivity index (χ2v) is 6.93. The van der Waals surface area contributed by atoms with Gasteiger partial charge in [0.2, 0.25) is 0 Å². The summed E-state index contributed by atoms with van der Waals surface area (Å²) in [5.41, 5.74) is 2.81. The lowest BCUT2D eigenvalue weighted by molar-refractivity contribution is 0.411. The topological polar surface area (TPSA) is 12.0 Å². The zero-order valence-electron chi connectivity index (χ0n) is 12.4. The summed E-state index contributed by atoms with van der Waals surface area (Å²) in [4.78, 5) is 0. The highest BCUT2D eigenvalue weighted by molar-refractivity contribution is 7.99. The molecule has 2 aromatic rings.